The molecular weight excluding hydrogens is 400 g/mol. The van der Waals surface area contributed by atoms with Crippen molar-refractivity contribution in [2.24, 2.45) is 0 Å². The van der Waals surface area contributed by atoms with Crippen molar-refractivity contribution < 1.29 is 32.2 Å². The first-order chi connectivity index (χ1) is 13.7. The molecule has 9 nitrogen and oxygen atoms in total. The number of esters is 1. The predicted molar refractivity (Wildman–Crippen MR) is 105 cm³/mol. The number of fused-ring (bicyclic) bond motifs is 2. The molecule has 1 aromatic rings. The quantitative estimate of drug-likeness (QED) is 0.708. The molecule has 2 heterocycles. The number of sulfonamides is 1. The van der Waals surface area contributed by atoms with Crippen molar-refractivity contribution in [3.63, 3.8) is 0 Å². The standard InChI is InChI=1S/C19H26N2O7S/c1-4-29(24,25)20-12-5-8-16-14(9-12)19(23)21(2)15-7-6-13(10-18(22)26-3)28-17(15)11-27-16/h5,8-9,13,15,17,20H,4,6-7,10-11H2,1-3H3/t13-,15+,17+/m1/s1. The van der Waals surface area contributed by atoms with E-state index in [0.717, 1.165) is 0 Å². The van der Waals surface area contributed by atoms with E-state index in [2.05, 4.69) is 4.72 Å². The Morgan fingerprint density at radius 1 is 1.34 bits per heavy atom. The normalized spacial score (nSPS) is 24.4. The number of ether oxygens (including phenoxy) is 3. The van der Waals surface area contributed by atoms with E-state index in [1.807, 2.05) is 0 Å². The second kappa shape index (κ2) is 8.58. The molecule has 0 aromatic heterocycles. The number of nitrogens with zero attached hydrogens (tertiary/aromatic N) is 1. The number of methoxy groups -OCH3 is 1. The lowest BCUT2D eigenvalue weighted by Gasteiger charge is -2.42. The van der Waals surface area contributed by atoms with Gasteiger partial charge in [-0.05, 0) is 38.0 Å². The van der Waals surface area contributed by atoms with E-state index in [1.165, 1.54) is 20.1 Å². The fraction of sp³-hybridized carbons (Fsp3) is 0.579. The van der Waals surface area contributed by atoms with Crippen LogP contribution in [0.2, 0.25) is 0 Å². The van der Waals surface area contributed by atoms with Gasteiger partial charge in [-0.2, -0.15) is 0 Å². The third-order valence-electron chi connectivity index (χ3n) is 5.29. The molecule has 29 heavy (non-hydrogen) atoms. The number of hydrogen-bond donors (Lipinski definition) is 1. The number of carbonyl (C=O) groups is 2. The van der Waals surface area contributed by atoms with Gasteiger partial charge < -0.3 is 19.1 Å². The van der Waals surface area contributed by atoms with E-state index >= 15 is 0 Å². The Balaban J connectivity index is 1.82. The van der Waals surface area contributed by atoms with Crippen LogP contribution >= 0.6 is 0 Å². The number of benzene rings is 1. The van der Waals surface area contributed by atoms with Gasteiger partial charge in [-0.3, -0.25) is 14.3 Å². The van der Waals surface area contributed by atoms with Crippen molar-refractivity contribution in [2.75, 3.05) is 31.2 Å². The Morgan fingerprint density at radius 2 is 2.10 bits per heavy atom. The van der Waals surface area contributed by atoms with Crippen LogP contribution in [0.25, 0.3) is 0 Å². The summed E-state index contributed by atoms with van der Waals surface area (Å²) in [4.78, 5) is 26.2. The van der Waals surface area contributed by atoms with Crippen LogP contribution in [-0.2, 0) is 24.3 Å². The Bertz CT molecular complexity index is 887. The smallest absolute Gasteiger partial charge is 0.308 e. The SMILES string of the molecule is CCS(=O)(=O)Nc1ccc2c(c1)C(=O)N(C)[C@H]1CC[C@H](CC(=O)OC)O[C@H]1CO2. The van der Waals surface area contributed by atoms with Gasteiger partial charge in [-0.1, -0.05) is 0 Å². The number of amides is 1. The summed E-state index contributed by atoms with van der Waals surface area (Å²) in [6, 6.07) is 4.41. The van der Waals surface area contributed by atoms with E-state index in [0.29, 0.717) is 29.8 Å². The average Bonchev–Trinajstić information content (AvgIpc) is 2.70. The molecule has 0 spiro atoms. The molecule has 0 aliphatic carbocycles. The van der Waals surface area contributed by atoms with Crippen LogP contribution in [0.1, 0.15) is 36.5 Å². The Kier molecular flexibility index (Phi) is 6.33. The zero-order valence-corrected chi connectivity index (χ0v) is 17.5. The molecule has 1 saturated heterocycles. The number of carbonyl (C=O) groups excluding carboxylic acids is 2. The number of hydrogen-bond acceptors (Lipinski definition) is 7. The first-order valence-electron chi connectivity index (χ1n) is 9.50. The molecule has 1 N–H and O–H groups in total. The third-order valence-corrected chi connectivity index (χ3v) is 6.59. The molecular formula is C19H26N2O7S. The van der Waals surface area contributed by atoms with E-state index in [-0.39, 0.29) is 48.9 Å². The van der Waals surface area contributed by atoms with Gasteiger partial charge >= 0.3 is 5.97 Å². The van der Waals surface area contributed by atoms with Crippen LogP contribution < -0.4 is 9.46 Å². The number of rotatable bonds is 5. The molecule has 160 valence electrons. The molecule has 0 bridgehead atoms. The van der Waals surface area contributed by atoms with Crippen molar-refractivity contribution in [1.82, 2.24) is 4.90 Å². The second-order valence-electron chi connectivity index (χ2n) is 7.16. The summed E-state index contributed by atoms with van der Waals surface area (Å²) in [5, 5.41) is 0. The molecule has 10 heteroatoms. The Labute approximate surface area is 170 Å². The summed E-state index contributed by atoms with van der Waals surface area (Å²) >= 11 is 0. The molecule has 3 rings (SSSR count). The maximum absolute atomic E-state index is 13.1. The summed E-state index contributed by atoms with van der Waals surface area (Å²) in [7, 11) is -0.422. The molecule has 0 unspecified atom stereocenters. The average molecular weight is 426 g/mol. The Hall–Kier alpha value is -2.33. The summed E-state index contributed by atoms with van der Waals surface area (Å²) in [5.74, 6) is -0.319. The summed E-state index contributed by atoms with van der Waals surface area (Å²) in [6.07, 6.45) is 0.792. The van der Waals surface area contributed by atoms with Gasteiger partial charge in [0.25, 0.3) is 5.91 Å². The van der Waals surface area contributed by atoms with Crippen LogP contribution in [-0.4, -0.2) is 70.0 Å². The van der Waals surface area contributed by atoms with E-state index in [4.69, 9.17) is 14.2 Å². The number of anilines is 1. The van der Waals surface area contributed by atoms with E-state index in [1.54, 1.807) is 24.1 Å². The van der Waals surface area contributed by atoms with E-state index < -0.39 is 10.0 Å². The summed E-state index contributed by atoms with van der Waals surface area (Å²) < 4.78 is 42.7. The van der Waals surface area contributed by atoms with E-state index in [9.17, 15) is 18.0 Å². The van der Waals surface area contributed by atoms with Crippen LogP contribution in [0.3, 0.4) is 0 Å². The molecule has 0 radical (unpaired) electrons. The lowest BCUT2D eigenvalue weighted by Crippen LogP contribution is -2.53. The first-order valence-corrected chi connectivity index (χ1v) is 11.2. The van der Waals surface area contributed by atoms with Crippen LogP contribution in [0.4, 0.5) is 5.69 Å². The lowest BCUT2D eigenvalue weighted by molar-refractivity contribution is -0.151. The molecule has 2 aliphatic rings. The molecule has 0 saturated carbocycles. The molecule has 3 atom stereocenters. The lowest BCUT2D eigenvalue weighted by atomic mass is 9.94. The highest BCUT2D eigenvalue weighted by atomic mass is 32.2. The molecule has 1 aromatic carbocycles. The highest BCUT2D eigenvalue weighted by Crippen LogP contribution is 2.32. The fourth-order valence-corrected chi connectivity index (χ4v) is 4.24. The van der Waals surface area contributed by atoms with Crippen molar-refractivity contribution >= 4 is 27.6 Å². The maximum atomic E-state index is 13.1. The monoisotopic (exact) mass is 426 g/mol. The highest BCUT2D eigenvalue weighted by Gasteiger charge is 2.39. The maximum Gasteiger partial charge on any atom is 0.308 e. The van der Waals surface area contributed by atoms with Gasteiger partial charge in [-0.25, -0.2) is 8.42 Å². The summed E-state index contributed by atoms with van der Waals surface area (Å²) in [5.41, 5.74) is 0.602. The Morgan fingerprint density at radius 3 is 2.79 bits per heavy atom. The van der Waals surface area contributed by atoms with Gasteiger partial charge in [0, 0.05) is 12.7 Å². The van der Waals surface area contributed by atoms with Crippen molar-refractivity contribution in [2.45, 2.75) is 44.4 Å². The van der Waals surface area contributed by atoms with Gasteiger partial charge in [0.2, 0.25) is 10.0 Å². The van der Waals surface area contributed by atoms with Crippen LogP contribution in [0.5, 0.6) is 5.75 Å². The number of nitrogens with one attached hydrogen (secondary N) is 1. The number of likely N-dealkylation sites (N-methyl/N-ethyl adjacent to an activating group) is 1. The van der Waals surface area contributed by atoms with Crippen LogP contribution in [0, 0.1) is 0 Å². The van der Waals surface area contributed by atoms with Crippen molar-refractivity contribution in [3.8, 4) is 5.75 Å². The highest BCUT2D eigenvalue weighted by molar-refractivity contribution is 7.92. The largest absolute Gasteiger partial charge is 0.490 e. The predicted octanol–water partition coefficient (Wildman–Crippen LogP) is 1.39. The van der Waals surface area contributed by atoms with Crippen molar-refractivity contribution in [1.29, 1.82) is 0 Å². The van der Waals surface area contributed by atoms with Gasteiger partial charge in [-0.15, -0.1) is 0 Å². The topological polar surface area (TPSA) is 111 Å². The van der Waals surface area contributed by atoms with Gasteiger partial charge in [0.15, 0.2) is 0 Å². The molecule has 2 aliphatic heterocycles. The minimum atomic E-state index is -3.46. The minimum Gasteiger partial charge on any atom is -0.490 e. The molecule has 1 fully saturated rings. The third kappa shape index (κ3) is 4.81. The zero-order chi connectivity index (χ0) is 21.2. The minimum absolute atomic E-state index is 0.0672. The van der Waals surface area contributed by atoms with Crippen LogP contribution in [0.15, 0.2) is 18.2 Å². The fourth-order valence-electron chi connectivity index (χ4n) is 3.61. The van der Waals surface area contributed by atoms with Crippen molar-refractivity contribution in [3.05, 3.63) is 23.8 Å². The summed E-state index contributed by atoms with van der Waals surface area (Å²) in [6.45, 7) is 1.75. The first kappa shape index (κ1) is 21.4. The zero-order valence-electron chi connectivity index (χ0n) is 16.7. The molecule has 1 amide bonds. The van der Waals surface area contributed by atoms with Gasteiger partial charge in [0.05, 0.1) is 37.0 Å². The second-order valence-corrected chi connectivity index (χ2v) is 9.18. The van der Waals surface area contributed by atoms with Gasteiger partial charge in [0.1, 0.15) is 18.5 Å².